The van der Waals surface area contributed by atoms with E-state index in [4.69, 9.17) is 9.47 Å². The number of amides is 1. The summed E-state index contributed by atoms with van der Waals surface area (Å²) in [5.74, 6) is 1.60. The first-order chi connectivity index (χ1) is 12.1. The van der Waals surface area contributed by atoms with Gasteiger partial charge < -0.3 is 14.8 Å². The molecule has 0 radical (unpaired) electrons. The molecule has 25 heavy (non-hydrogen) atoms. The first-order valence-electron chi connectivity index (χ1n) is 8.39. The number of carbonyl (C=O) groups is 1. The van der Waals surface area contributed by atoms with Crippen molar-refractivity contribution in [2.24, 2.45) is 0 Å². The molecule has 0 aliphatic carbocycles. The van der Waals surface area contributed by atoms with Crippen molar-refractivity contribution in [2.75, 3.05) is 19.5 Å². The van der Waals surface area contributed by atoms with Gasteiger partial charge in [0.25, 0.3) is 0 Å². The molecule has 4 heteroatoms. The maximum Gasteiger partial charge on any atom is 0.248 e. The zero-order valence-corrected chi connectivity index (χ0v) is 15.2. The highest BCUT2D eigenvalue weighted by atomic mass is 16.5. The Morgan fingerprint density at radius 2 is 1.92 bits per heavy atom. The van der Waals surface area contributed by atoms with Gasteiger partial charge in [0.1, 0.15) is 11.5 Å². The molecule has 2 aromatic rings. The van der Waals surface area contributed by atoms with Gasteiger partial charge in [0, 0.05) is 17.3 Å². The number of methoxy groups -OCH3 is 2. The Bertz CT molecular complexity index is 753. The van der Waals surface area contributed by atoms with E-state index in [9.17, 15) is 4.79 Å². The lowest BCUT2D eigenvalue weighted by molar-refractivity contribution is -0.111. The lowest BCUT2D eigenvalue weighted by atomic mass is 9.97. The number of anilines is 1. The molecule has 1 atom stereocenters. The van der Waals surface area contributed by atoms with Crippen LogP contribution in [-0.2, 0) is 4.79 Å². The maximum absolute atomic E-state index is 12.3. The minimum absolute atomic E-state index is 0.180. The summed E-state index contributed by atoms with van der Waals surface area (Å²) >= 11 is 0. The molecule has 0 saturated heterocycles. The summed E-state index contributed by atoms with van der Waals surface area (Å²) in [7, 11) is 3.20. The van der Waals surface area contributed by atoms with Gasteiger partial charge in [-0.2, -0.15) is 0 Å². The first kappa shape index (κ1) is 18.6. The molecule has 0 fully saturated rings. The molecule has 4 nitrogen and oxygen atoms in total. The summed E-state index contributed by atoms with van der Waals surface area (Å²) in [5.41, 5.74) is 2.78. The molecule has 0 aliphatic heterocycles. The van der Waals surface area contributed by atoms with Crippen LogP contribution in [0, 0.1) is 0 Å². The average molecular weight is 339 g/mol. The average Bonchev–Trinajstić information content (AvgIpc) is 2.65. The van der Waals surface area contributed by atoms with Crippen LogP contribution in [-0.4, -0.2) is 20.1 Å². The van der Waals surface area contributed by atoms with Crippen LogP contribution in [0.5, 0.6) is 11.5 Å². The van der Waals surface area contributed by atoms with Gasteiger partial charge in [-0.25, -0.2) is 0 Å². The fraction of sp³-hybridized carbons (Fsp3) is 0.286. The van der Waals surface area contributed by atoms with Crippen LogP contribution in [0.25, 0.3) is 6.08 Å². The Labute approximate surface area is 149 Å². The Morgan fingerprint density at radius 3 is 2.60 bits per heavy atom. The second-order valence-corrected chi connectivity index (χ2v) is 5.83. The van der Waals surface area contributed by atoms with Crippen molar-refractivity contribution in [3.63, 3.8) is 0 Å². The molecular weight excluding hydrogens is 314 g/mol. The Kier molecular flexibility index (Phi) is 6.63. The van der Waals surface area contributed by atoms with Gasteiger partial charge in [-0.1, -0.05) is 32.0 Å². The van der Waals surface area contributed by atoms with E-state index >= 15 is 0 Å². The van der Waals surface area contributed by atoms with Crippen LogP contribution in [0.4, 0.5) is 5.69 Å². The molecule has 0 saturated carbocycles. The second-order valence-electron chi connectivity index (χ2n) is 5.83. The van der Waals surface area contributed by atoms with Crippen molar-refractivity contribution in [1.29, 1.82) is 0 Å². The summed E-state index contributed by atoms with van der Waals surface area (Å²) in [6.07, 6.45) is 4.25. The quantitative estimate of drug-likeness (QED) is 0.732. The van der Waals surface area contributed by atoms with E-state index in [-0.39, 0.29) is 5.91 Å². The fourth-order valence-electron chi connectivity index (χ4n) is 2.57. The topological polar surface area (TPSA) is 47.6 Å². The number of hydrogen-bond acceptors (Lipinski definition) is 3. The van der Waals surface area contributed by atoms with Gasteiger partial charge in [-0.15, -0.1) is 0 Å². The molecule has 0 unspecified atom stereocenters. The molecule has 0 spiro atoms. The number of nitrogens with one attached hydrogen (secondary N) is 1. The van der Waals surface area contributed by atoms with E-state index in [1.54, 1.807) is 20.3 Å². The van der Waals surface area contributed by atoms with Crippen LogP contribution in [0.15, 0.2) is 48.5 Å². The summed E-state index contributed by atoms with van der Waals surface area (Å²) < 4.78 is 10.5. The maximum atomic E-state index is 12.3. The summed E-state index contributed by atoms with van der Waals surface area (Å²) in [6.45, 7) is 4.29. The minimum Gasteiger partial charge on any atom is -0.497 e. The largest absolute Gasteiger partial charge is 0.497 e. The van der Waals surface area contributed by atoms with Gasteiger partial charge >= 0.3 is 0 Å². The highest BCUT2D eigenvalue weighted by Gasteiger charge is 2.10. The highest BCUT2D eigenvalue weighted by molar-refractivity contribution is 6.02. The number of ether oxygens (including phenoxy) is 2. The van der Waals surface area contributed by atoms with E-state index in [1.807, 2.05) is 36.4 Å². The number of rotatable bonds is 7. The van der Waals surface area contributed by atoms with Crippen molar-refractivity contribution in [1.82, 2.24) is 0 Å². The van der Waals surface area contributed by atoms with E-state index in [2.05, 4.69) is 25.2 Å². The summed E-state index contributed by atoms with van der Waals surface area (Å²) in [6, 6.07) is 13.4. The van der Waals surface area contributed by atoms with Crippen LogP contribution >= 0.6 is 0 Å². The van der Waals surface area contributed by atoms with Crippen LogP contribution in [0.2, 0.25) is 0 Å². The molecule has 1 amide bonds. The Morgan fingerprint density at radius 1 is 1.16 bits per heavy atom. The first-order valence-corrected chi connectivity index (χ1v) is 8.39. The second kappa shape index (κ2) is 8.92. The van der Waals surface area contributed by atoms with E-state index in [0.717, 1.165) is 23.2 Å². The standard InChI is InChI=1S/C21H25NO3/c1-5-15(2)18-8-6-7-9-19(18)22-21(23)13-10-16-14-17(24-3)11-12-20(16)25-4/h6-15H,5H2,1-4H3,(H,22,23)/b13-10+/t15-/m1/s1. The van der Waals surface area contributed by atoms with Gasteiger partial charge in [-0.05, 0) is 48.2 Å². The number of para-hydroxylation sites is 1. The molecule has 2 aromatic carbocycles. The lowest BCUT2D eigenvalue weighted by Gasteiger charge is -2.14. The van der Waals surface area contributed by atoms with Crippen LogP contribution < -0.4 is 14.8 Å². The zero-order chi connectivity index (χ0) is 18.2. The molecule has 132 valence electrons. The third-order valence-corrected chi connectivity index (χ3v) is 4.21. The molecule has 0 aliphatic rings. The Hall–Kier alpha value is -2.75. The van der Waals surface area contributed by atoms with Gasteiger partial charge in [0.05, 0.1) is 14.2 Å². The number of benzene rings is 2. The van der Waals surface area contributed by atoms with E-state index in [1.165, 1.54) is 6.08 Å². The van der Waals surface area contributed by atoms with Crippen molar-refractivity contribution in [3.05, 3.63) is 59.7 Å². The predicted octanol–water partition coefficient (Wildman–Crippen LogP) is 4.87. The molecular formula is C21H25NO3. The molecule has 0 aromatic heterocycles. The lowest BCUT2D eigenvalue weighted by Crippen LogP contribution is -2.10. The summed E-state index contributed by atoms with van der Waals surface area (Å²) in [4.78, 5) is 12.3. The smallest absolute Gasteiger partial charge is 0.248 e. The normalized spacial score (nSPS) is 12.0. The molecule has 0 heterocycles. The molecule has 2 rings (SSSR count). The summed E-state index contributed by atoms with van der Waals surface area (Å²) in [5, 5.41) is 2.96. The van der Waals surface area contributed by atoms with Gasteiger partial charge in [-0.3, -0.25) is 4.79 Å². The predicted molar refractivity (Wildman–Crippen MR) is 102 cm³/mol. The fourth-order valence-corrected chi connectivity index (χ4v) is 2.57. The third-order valence-electron chi connectivity index (χ3n) is 4.21. The van der Waals surface area contributed by atoms with E-state index in [0.29, 0.717) is 17.4 Å². The third kappa shape index (κ3) is 4.86. The van der Waals surface area contributed by atoms with Crippen molar-refractivity contribution in [3.8, 4) is 11.5 Å². The molecule has 1 N–H and O–H groups in total. The van der Waals surface area contributed by atoms with Crippen molar-refractivity contribution >= 4 is 17.7 Å². The van der Waals surface area contributed by atoms with Gasteiger partial charge in [0.15, 0.2) is 0 Å². The van der Waals surface area contributed by atoms with Gasteiger partial charge in [0.2, 0.25) is 5.91 Å². The zero-order valence-electron chi connectivity index (χ0n) is 15.2. The van der Waals surface area contributed by atoms with Crippen molar-refractivity contribution in [2.45, 2.75) is 26.2 Å². The monoisotopic (exact) mass is 339 g/mol. The Balaban J connectivity index is 2.17. The SMILES string of the molecule is CC[C@@H](C)c1ccccc1NC(=O)/C=C/c1cc(OC)ccc1OC. The minimum atomic E-state index is -0.180. The van der Waals surface area contributed by atoms with Crippen molar-refractivity contribution < 1.29 is 14.3 Å². The number of hydrogen-bond donors (Lipinski definition) is 1. The number of carbonyl (C=O) groups excluding carboxylic acids is 1. The van der Waals surface area contributed by atoms with Crippen LogP contribution in [0.1, 0.15) is 37.3 Å². The molecule has 0 bridgehead atoms. The van der Waals surface area contributed by atoms with E-state index < -0.39 is 0 Å². The van der Waals surface area contributed by atoms with Crippen LogP contribution in [0.3, 0.4) is 0 Å². The highest BCUT2D eigenvalue weighted by Crippen LogP contribution is 2.27.